The summed E-state index contributed by atoms with van der Waals surface area (Å²) >= 11 is 0. The lowest BCUT2D eigenvalue weighted by molar-refractivity contribution is -0.146. The SMILES string of the molecule is C=C(CC(C)(C)CC(=O)OCCCCO)C(=O)O. The number of hydrogen-bond donors (Lipinski definition) is 2. The Bertz CT molecular complexity index is 307. The molecule has 5 heteroatoms. The Labute approximate surface area is 107 Å². The Hall–Kier alpha value is -1.36. The minimum absolute atomic E-state index is 0.0848. The minimum Gasteiger partial charge on any atom is -0.478 e. The molecule has 0 aromatic heterocycles. The van der Waals surface area contributed by atoms with Crippen LogP contribution in [-0.2, 0) is 14.3 Å². The van der Waals surface area contributed by atoms with Gasteiger partial charge in [-0.2, -0.15) is 0 Å². The Morgan fingerprint density at radius 2 is 1.83 bits per heavy atom. The van der Waals surface area contributed by atoms with E-state index in [0.29, 0.717) is 12.8 Å². The monoisotopic (exact) mass is 258 g/mol. The number of hydrogen-bond acceptors (Lipinski definition) is 4. The Balaban J connectivity index is 4.03. The first-order valence-corrected chi connectivity index (χ1v) is 5.96. The number of aliphatic hydroxyl groups excluding tert-OH is 1. The van der Waals surface area contributed by atoms with Gasteiger partial charge in [-0.05, 0) is 24.7 Å². The molecule has 2 N–H and O–H groups in total. The lowest BCUT2D eigenvalue weighted by atomic mass is 9.83. The molecule has 0 aromatic rings. The van der Waals surface area contributed by atoms with Gasteiger partial charge in [-0.3, -0.25) is 4.79 Å². The van der Waals surface area contributed by atoms with E-state index in [2.05, 4.69) is 6.58 Å². The number of rotatable bonds is 9. The van der Waals surface area contributed by atoms with E-state index in [-0.39, 0.29) is 37.6 Å². The van der Waals surface area contributed by atoms with Crippen LogP contribution in [0.5, 0.6) is 0 Å². The molecular weight excluding hydrogens is 236 g/mol. The maximum absolute atomic E-state index is 11.5. The van der Waals surface area contributed by atoms with Gasteiger partial charge in [0.25, 0.3) is 0 Å². The average Bonchev–Trinajstić information content (AvgIpc) is 2.22. The van der Waals surface area contributed by atoms with Crippen molar-refractivity contribution in [3.05, 3.63) is 12.2 Å². The molecule has 0 rings (SSSR count). The molecule has 0 amide bonds. The lowest BCUT2D eigenvalue weighted by Gasteiger charge is -2.23. The first kappa shape index (κ1) is 16.6. The number of aliphatic carboxylic acids is 1. The van der Waals surface area contributed by atoms with Crippen molar-refractivity contribution < 1.29 is 24.5 Å². The standard InChI is InChI=1S/C13H22O5/c1-10(12(16)17)8-13(2,3)9-11(15)18-7-5-4-6-14/h14H,1,4-9H2,2-3H3,(H,16,17). The molecule has 0 aliphatic heterocycles. The molecule has 104 valence electrons. The summed E-state index contributed by atoms with van der Waals surface area (Å²) in [5, 5.41) is 17.3. The van der Waals surface area contributed by atoms with Crippen molar-refractivity contribution in [2.24, 2.45) is 5.41 Å². The van der Waals surface area contributed by atoms with Crippen molar-refractivity contribution >= 4 is 11.9 Å². The summed E-state index contributed by atoms with van der Waals surface area (Å²) in [4.78, 5) is 22.2. The maximum Gasteiger partial charge on any atom is 0.330 e. The Morgan fingerprint density at radius 1 is 1.22 bits per heavy atom. The highest BCUT2D eigenvalue weighted by molar-refractivity contribution is 5.86. The van der Waals surface area contributed by atoms with E-state index in [4.69, 9.17) is 14.9 Å². The predicted molar refractivity (Wildman–Crippen MR) is 67.1 cm³/mol. The molecule has 0 saturated heterocycles. The van der Waals surface area contributed by atoms with E-state index >= 15 is 0 Å². The van der Waals surface area contributed by atoms with E-state index in [1.807, 2.05) is 0 Å². The summed E-state index contributed by atoms with van der Waals surface area (Å²) in [6, 6.07) is 0. The first-order chi connectivity index (χ1) is 8.28. The summed E-state index contributed by atoms with van der Waals surface area (Å²) in [6.45, 7) is 7.43. The molecule has 5 nitrogen and oxygen atoms in total. The van der Waals surface area contributed by atoms with Gasteiger partial charge >= 0.3 is 11.9 Å². The van der Waals surface area contributed by atoms with E-state index in [1.165, 1.54) is 0 Å². The van der Waals surface area contributed by atoms with Crippen LogP contribution in [0, 0.1) is 5.41 Å². The smallest absolute Gasteiger partial charge is 0.330 e. The van der Waals surface area contributed by atoms with E-state index in [9.17, 15) is 9.59 Å². The topological polar surface area (TPSA) is 83.8 Å². The van der Waals surface area contributed by atoms with Gasteiger partial charge in [0.2, 0.25) is 0 Å². The highest BCUT2D eigenvalue weighted by atomic mass is 16.5. The molecule has 0 aliphatic carbocycles. The van der Waals surface area contributed by atoms with Crippen LogP contribution < -0.4 is 0 Å². The number of esters is 1. The van der Waals surface area contributed by atoms with E-state index in [0.717, 1.165) is 0 Å². The highest BCUT2D eigenvalue weighted by Crippen LogP contribution is 2.29. The minimum atomic E-state index is -1.04. The molecule has 0 radical (unpaired) electrons. The predicted octanol–water partition coefficient (Wildman–Crippen LogP) is 1.75. The highest BCUT2D eigenvalue weighted by Gasteiger charge is 2.25. The van der Waals surface area contributed by atoms with Gasteiger partial charge in [-0.15, -0.1) is 0 Å². The van der Waals surface area contributed by atoms with Gasteiger partial charge in [0.05, 0.1) is 13.0 Å². The second-order valence-electron chi connectivity index (χ2n) is 5.08. The van der Waals surface area contributed by atoms with E-state index < -0.39 is 11.4 Å². The zero-order valence-electron chi connectivity index (χ0n) is 11.1. The third kappa shape index (κ3) is 7.84. The quantitative estimate of drug-likeness (QED) is 0.374. The summed E-state index contributed by atoms with van der Waals surface area (Å²) in [6.07, 6.45) is 1.63. The van der Waals surface area contributed by atoms with Crippen LogP contribution in [0.15, 0.2) is 12.2 Å². The number of aliphatic hydroxyl groups is 1. The van der Waals surface area contributed by atoms with Crippen molar-refractivity contribution in [3.63, 3.8) is 0 Å². The van der Waals surface area contributed by atoms with Crippen LogP contribution in [0.25, 0.3) is 0 Å². The van der Waals surface area contributed by atoms with E-state index in [1.54, 1.807) is 13.8 Å². The molecule has 0 aromatic carbocycles. The summed E-state index contributed by atoms with van der Waals surface area (Å²) in [5.41, 5.74) is -0.392. The fourth-order valence-corrected chi connectivity index (χ4v) is 1.56. The number of carboxylic acids is 1. The Kier molecular flexibility index (Phi) is 7.27. The lowest BCUT2D eigenvalue weighted by Crippen LogP contribution is -2.21. The fourth-order valence-electron chi connectivity index (χ4n) is 1.56. The molecule has 0 unspecified atom stereocenters. The zero-order chi connectivity index (χ0) is 14.2. The number of carbonyl (C=O) groups is 2. The molecule has 0 bridgehead atoms. The van der Waals surface area contributed by atoms with Crippen molar-refractivity contribution in [3.8, 4) is 0 Å². The molecular formula is C13H22O5. The van der Waals surface area contributed by atoms with Crippen molar-refractivity contribution in [1.82, 2.24) is 0 Å². The van der Waals surface area contributed by atoms with Crippen LogP contribution >= 0.6 is 0 Å². The summed E-state index contributed by atoms with van der Waals surface area (Å²) < 4.78 is 4.99. The number of carbonyl (C=O) groups excluding carboxylic acids is 1. The van der Waals surface area contributed by atoms with Crippen LogP contribution in [0.4, 0.5) is 0 Å². The number of ether oxygens (including phenoxy) is 1. The average molecular weight is 258 g/mol. The van der Waals surface area contributed by atoms with Gasteiger partial charge < -0.3 is 14.9 Å². The molecule has 0 saturated carbocycles. The van der Waals surface area contributed by atoms with Gasteiger partial charge in [-0.25, -0.2) is 4.79 Å². The first-order valence-electron chi connectivity index (χ1n) is 5.96. The summed E-state index contributed by atoms with van der Waals surface area (Å²) in [5.74, 6) is -1.39. The van der Waals surface area contributed by atoms with Crippen molar-refractivity contribution in [1.29, 1.82) is 0 Å². The van der Waals surface area contributed by atoms with Gasteiger partial charge in [0, 0.05) is 12.2 Å². The molecule has 18 heavy (non-hydrogen) atoms. The molecule has 0 aliphatic rings. The van der Waals surface area contributed by atoms with Gasteiger partial charge in [0.1, 0.15) is 0 Å². The Morgan fingerprint density at radius 3 is 2.33 bits per heavy atom. The number of carboxylic acid groups (broad SMARTS) is 1. The maximum atomic E-state index is 11.5. The molecule has 0 spiro atoms. The van der Waals surface area contributed by atoms with Crippen LogP contribution in [0.1, 0.15) is 39.5 Å². The van der Waals surface area contributed by atoms with Crippen molar-refractivity contribution in [2.75, 3.05) is 13.2 Å². The molecule has 0 fully saturated rings. The fraction of sp³-hybridized carbons (Fsp3) is 0.692. The van der Waals surface area contributed by atoms with Crippen LogP contribution in [-0.4, -0.2) is 35.4 Å². The van der Waals surface area contributed by atoms with Crippen LogP contribution in [0.3, 0.4) is 0 Å². The normalized spacial score (nSPS) is 11.1. The third-order valence-electron chi connectivity index (χ3n) is 2.43. The molecule has 0 heterocycles. The second kappa shape index (κ2) is 7.87. The van der Waals surface area contributed by atoms with Crippen molar-refractivity contribution in [2.45, 2.75) is 39.5 Å². The zero-order valence-corrected chi connectivity index (χ0v) is 11.1. The largest absolute Gasteiger partial charge is 0.478 e. The number of unbranched alkanes of at least 4 members (excludes halogenated alkanes) is 1. The van der Waals surface area contributed by atoms with Gasteiger partial charge in [-0.1, -0.05) is 20.4 Å². The third-order valence-corrected chi connectivity index (χ3v) is 2.43. The van der Waals surface area contributed by atoms with Crippen LogP contribution in [0.2, 0.25) is 0 Å². The summed E-state index contributed by atoms with van der Waals surface area (Å²) in [7, 11) is 0. The van der Waals surface area contributed by atoms with Gasteiger partial charge in [0.15, 0.2) is 0 Å². The molecule has 0 atom stereocenters. The second-order valence-corrected chi connectivity index (χ2v) is 5.08.